The van der Waals surface area contributed by atoms with Gasteiger partial charge in [-0.1, -0.05) is 12.1 Å². The molecule has 0 spiro atoms. The molecule has 2 N–H and O–H groups in total. The van der Waals surface area contributed by atoms with Gasteiger partial charge in [0.15, 0.2) is 0 Å². The van der Waals surface area contributed by atoms with Crippen molar-refractivity contribution in [1.82, 2.24) is 0 Å². The highest BCUT2D eigenvalue weighted by Gasteiger charge is 2.06. The summed E-state index contributed by atoms with van der Waals surface area (Å²) < 4.78 is 0. The van der Waals surface area contributed by atoms with E-state index in [2.05, 4.69) is 13.8 Å². The number of hydrogen-bond donors (Lipinski definition) is 2. The van der Waals surface area contributed by atoms with Crippen molar-refractivity contribution in [3.63, 3.8) is 0 Å². The standard InChI is InChI=1S/C11H17NO/c1-3-12(4-2)9-10-7-5-6-8-11(10)13/h5-8,13H,3-4,9H2,1-2H3/p+1. The van der Waals surface area contributed by atoms with Gasteiger partial charge in [-0.2, -0.15) is 0 Å². The summed E-state index contributed by atoms with van der Waals surface area (Å²) in [6.07, 6.45) is 0. The second-order valence-corrected chi connectivity index (χ2v) is 3.26. The maximum Gasteiger partial charge on any atom is 0.124 e. The molecule has 0 heterocycles. The van der Waals surface area contributed by atoms with Crippen LogP contribution in [0.4, 0.5) is 0 Å². The van der Waals surface area contributed by atoms with Crippen LogP contribution in [0.15, 0.2) is 24.3 Å². The fourth-order valence-electron chi connectivity index (χ4n) is 1.43. The predicted octanol–water partition coefficient (Wildman–Crippen LogP) is 0.817. The third-order valence-electron chi connectivity index (χ3n) is 2.43. The smallest absolute Gasteiger partial charge is 0.124 e. The van der Waals surface area contributed by atoms with E-state index in [0.717, 1.165) is 25.2 Å². The molecular weight excluding hydrogens is 162 g/mol. The molecule has 1 aromatic rings. The minimum atomic E-state index is 0.418. The molecule has 0 unspecified atom stereocenters. The molecule has 13 heavy (non-hydrogen) atoms. The third kappa shape index (κ3) is 2.74. The van der Waals surface area contributed by atoms with Gasteiger partial charge in [0.25, 0.3) is 0 Å². The first-order chi connectivity index (χ1) is 6.27. The summed E-state index contributed by atoms with van der Waals surface area (Å²) in [7, 11) is 0. The largest absolute Gasteiger partial charge is 0.507 e. The van der Waals surface area contributed by atoms with Crippen LogP contribution in [-0.2, 0) is 6.54 Å². The minimum Gasteiger partial charge on any atom is -0.507 e. The van der Waals surface area contributed by atoms with Crippen molar-refractivity contribution < 1.29 is 10.0 Å². The van der Waals surface area contributed by atoms with Gasteiger partial charge < -0.3 is 10.0 Å². The van der Waals surface area contributed by atoms with Crippen LogP contribution < -0.4 is 4.90 Å². The average molecular weight is 180 g/mol. The maximum atomic E-state index is 9.54. The Labute approximate surface area is 79.8 Å². The lowest BCUT2D eigenvalue weighted by molar-refractivity contribution is -0.910. The third-order valence-corrected chi connectivity index (χ3v) is 2.43. The second kappa shape index (κ2) is 4.87. The Bertz CT molecular complexity index is 256. The van der Waals surface area contributed by atoms with Crippen molar-refractivity contribution in [3.8, 4) is 5.75 Å². The van der Waals surface area contributed by atoms with Gasteiger partial charge in [-0.15, -0.1) is 0 Å². The van der Waals surface area contributed by atoms with Gasteiger partial charge in [0.05, 0.1) is 13.1 Å². The van der Waals surface area contributed by atoms with Gasteiger partial charge in [0.2, 0.25) is 0 Å². The molecule has 2 heteroatoms. The fourth-order valence-corrected chi connectivity index (χ4v) is 1.43. The Morgan fingerprint density at radius 1 is 1.15 bits per heavy atom. The molecular formula is C11H18NO+. The summed E-state index contributed by atoms with van der Waals surface area (Å²) >= 11 is 0. The summed E-state index contributed by atoms with van der Waals surface area (Å²) in [6.45, 7) is 7.45. The van der Waals surface area contributed by atoms with Gasteiger partial charge in [-0.05, 0) is 26.0 Å². The monoisotopic (exact) mass is 180 g/mol. The van der Waals surface area contributed by atoms with E-state index in [1.165, 1.54) is 4.90 Å². The molecule has 0 bridgehead atoms. The molecule has 2 nitrogen and oxygen atoms in total. The summed E-state index contributed by atoms with van der Waals surface area (Å²) in [5.74, 6) is 0.418. The molecule has 0 saturated carbocycles. The zero-order chi connectivity index (χ0) is 9.68. The Morgan fingerprint density at radius 2 is 1.77 bits per heavy atom. The number of nitrogens with one attached hydrogen (secondary N) is 1. The van der Waals surface area contributed by atoms with E-state index in [9.17, 15) is 5.11 Å². The van der Waals surface area contributed by atoms with Crippen LogP contribution in [0, 0.1) is 0 Å². The number of phenols is 1. The number of rotatable bonds is 4. The Balaban J connectivity index is 2.67. The van der Waals surface area contributed by atoms with Crippen LogP contribution in [0.25, 0.3) is 0 Å². The van der Waals surface area contributed by atoms with Crippen LogP contribution in [0.5, 0.6) is 5.75 Å². The second-order valence-electron chi connectivity index (χ2n) is 3.26. The van der Waals surface area contributed by atoms with Gasteiger partial charge in [-0.25, -0.2) is 0 Å². The molecule has 0 aliphatic carbocycles. The van der Waals surface area contributed by atoms with Crippen molar-refractivity contribution in [3.05, 3.63) is 29.8 Å². The van der Waals surface area contributed by atoms with E-state index in [-0.39, 0.29) is 0 Å². The fraction of sp³-hybridized carbons (Fsp3) is 0.455. The van der Waals surface area contributed by atoms with Crippen LogP contribution in [0.1, 0.15) is 19.4 Å². The highest BCUT2D eigenvalue weighted by molar-refractivity contribution is 5.30. The average Bonchev–Trinajstić information content (AvgIpc) is 2.17. The first-order valence-corrected chi connectivity index (χ1v) is 4.88. The van der Waals surface area contributed by atoms with Gasteiger partial charge in [0, 0.05) is 5.56 Å². The van der Waals surface area contributed by atoms with Gasteiger partial charge in [-0.3, -0.25) is 0 Å². The topological polar surface area (TPSA) is 24.7 Å². The molecule has 0 radical (unpaired) electrons. The summed E-state index contributed by atoms with van der Waals surface area (Å²) in [5.41, 5.74) is 1.04. The zero-order valence-corrected chi connectivity index (χ0v) is 8.38. The maximum absolute atomic E-state index is 9.54. The summed E-state index contributed by atoms with van der Waals surface area (Å²) in [5, 5.41) is 9.54. The molecule has 0 saturated heterocycles. The van der Waals surface area contributed by atoms with E-state index in [4.69, 9.17) is 0 Å². The number of quaternary nitrogens is 1. The van der Waals surface area contributed by atoms with E-state index in [0.29, 0.717) is 5.75 Å². The van der Waals surface area contributed by atoms with E-state index >= 15 is 0 Å². The van der Waals surface area contributed by atoms with Crippen molar-refractivity contribution in [2.24, 2.45) is 0 Å². The predicted molar refractivity (Wildman–Crippen MR) is 53.9 cm³/mol. The van der Waals surface area contributed by atoms with E-state index in [1.807, 2.05) is 18.2 Å². The molecule has 0 fully saturated rings. The molecule has 0 aromatic heterocycles. The van der Waals surface area contributed by atoms with Crippen molar-refractivity contribution >= 4 is 0 Å². The number of hydrogen-bond acceptors (Lipinski definition) is 1. The Kier molecular flexibility index (Phi) is 3.77. The number of benzene rings is 1. The van der Waals surface area contributed by atoms with E-state index < -0.39 is 0 Å². The molecule has 1 rings (SSSR count). The lowest BCUT2D eigenvalue weighted by atomic mass is 10.2. The molecule has 0 atom stereocenters. The summed E-state index contributed by atoms with van der Waals surface area (Å²) in [6, 6.07) is 7.56. The lowest BCUT2D eigenvalue weighted by Crippen LogP contribution is -3.10. The van der Waals surface area contributed by atoms with Crippen molar-refractivity contribution in [2.75, 3.05) is 13.1 Å². The van der Waals surface area contributed by atoms with Crippen molar-refractivity contribution in [1.29, 1.82) is 0 Å². The molecule has 0 amide bonds. The van der Waals surface area contributed by atoms with Crippen LogP contribution >= 0.6 is 0 Å². The lowest BCUT2D eigenvalue weighted by Gasteiger charge is -2.15. The van der Waals surface area contributed by atoms with Crippen LogP contribution in [-0.4, -0.2) is 18.2 Å². The number of phenolic OH excluding ortho intramolecular Hbond substituents is 1. The first-order valence-electron chi connectivity index (χ1n) is 4.88. The Morgan fingerprint density at radius 3 is 2.31 bits per heavy atom. The minimum absolute atomic E-state index is 0.418. The van der Waals surface area contributed by atoms with Crippen LogP contribution in [0.3, 0.4) is 0 Å². The number of para-hydroxylation sites is 1. The molecule has 1 aromatic carbocycles. The normalized spacial score (nSPS) is 10.7. The van der Waals surface area contributed by atoms with Crippen LogP contribution in [0.2, 0.25) is 0 Å². The molecule has 0 aliphatic rings. The van der Waals surface area contributed by atoms with Gasteiger partial charge in [0.1, 0.15) is 12.3 Å². The van der Waals surface area contributed by atoms with E-state index in [1.54, 1.807) is 6.07 Å². The molecule has 72 valence electrons. The quantitative estimate of drug-likeness (QED) is 0.704. The molecule has 0 aliphatic heterocycles. The number of aromatic hydroxyl groups is 1. The zero-order valence-electron chi connectivity index (χ0n) is 8.38. The summed E-state index contributed by atoms with van der Waals surface area (Å²) in [4.78, 5) is 1.49. The Hall–Kier alpha value is -1.02. The van der Waals surface area contributed by atoms with Gasteiger partial charge >= 0.3 is 0 Å². The van der Waals surface area contributed by atoms with Crippen molar-refractivity contribution in [2.45, 2.75) is 20.4 Å². The highest BCUT2D eigenvalue weighted by Crippen LogP contribution is 2.13. The first kappa shape index (κ1) is 10.1. The highest BCUT2D eigenvalue weighted by atomic mass is 16.3. The SMILES string of the molecule is CC[NH+](CC)Cc1ccccc1O.